The minimum atomic E-state index is -0.226. The van der Waals surface area contributed by atoms with E-state index in [4.69, 9.17) is 4.74 Å². The largest absolute Gasteiger partial charge is 0.373 e. The van der Waals surface area contributed by atoms with Gasteiger partial charge in [-0.1, -0.05) is 24.6 Å². The molecule has 0 radical (unpaired) electrons. The molecule has 0 aromatic carbocycles. The monoisotopic (exact) mass is 325 g/mol. The minimum Gasteiger partial charge on any atom is -0.373 e. The predicted octanol–water partition coefficient (Wildman–Crippen LogP) is 1.85. The second-order valence-corrected chi connectivity index (χ2v) is 6.70. The first kappa shape index (κ1) is 17.0. The number of nitrogens with zero attached hydrogens (tertiary/aromatic N) is 1. The number of rotatable bonds is 7. The zero-order valence-electron chi connectivity index (χ0n) is 13.1. The molecule has 1 fully saturated rings. The predicted molar refractivity (Wildman–Crippen MR) is 85.9 cm³/mol. The Morgan fingerprint density at radius 1 is 1.50 bits per heavy atom. The van der Waals surface area contributed by atoms with Crippen molar-refractivity contribution in [1.29, 1.82) is 0 Å². The maximum Gasteiger partial charge on any atom is 0.251 e. The van der Waals surface area contributed by atoms with Gasteiger partial charge in [0.1, 0.15) is 0 Å². The van der Waals surface area contributed by atoms with Gasteiger partial charge in [-0.3, -0.25) is 9.59 Å². The number of hydrogen-bond donors (Lipinski definition) is 2. The van der Waals surface area contributed by atoms with Gasteiger partial charge in [-0.15, -0.1) is 0 Å². The molecular weight excluding hydrogens is 302 g/mol. The molecule has 6 nitrogen and oxygen atoms in total. The van der Waals surface area contributed by atoms with Crippen LogP contribution in [0.4, 0.5) is 0 Å². The highest BCUT2D eigenvalue weighted by Gasteiger charge is 2.17. The molecule has 7 heteroatoms. The highest BCUT2D eigenvalue weighted by Crippen LogP contribution is 2.18. The minimum absolute atomic E-state index is 0.0108. The van der Waals surface area contributed by atoms with Crippen LogP contribution < -0.4 is 10.9 Å². The summed E-state index contributed by atoms with van der Waals surface area (Å²) in [6.45, 7) is 4.15. The number of hydrogen-bond acceptors (Lipinski definition) is 5. The van der Waals surface area contributed by atoms with Gasteiger partial charge < -0.3 is 15.0 Å². The molecule has 0 aliphatic heterocycles. The Morgan fingerprint density at radius 3 is 2.91 bits per heavy atom. The van der Waals surface area contributed by atoms with Crippen LogP contribution in [0.15, 0.2) is 16.0 Å². The van der Waals surface area contributed by atoms with Gasteiger partial charge >= 0.3 is 0 Å². The van der Waals surface area contributed by atoms with Gasteiger partial charge in [-0.05, 0) is 26.7 Å². The number of ether oxygens (including phenoxy) is 1. The summed E-state index contributed by atoms with van der Waals surface area (Å²) in [5.41, 5.74) is 0.354. The molecule has 1 aliphatic rings. The van der Waals surface area contributed by atoms with Gasteiger partial charge in [-0.25, -0.2) is 4.98 Å². The molecule has 1 amide bonds. The third-order valence-corrected chi connectivity index (χ3v) is 4.27. The molecule has 0 bridgehead atoms. The van der Waals surface area contributed by atoms with E-state index in [1.54, 1.807) is 0 Å². The third kappa shape index (κ3) is 5.81. The van der Waals surface area contributed by atoms with Crippen molar-refractivity contribution in [3.05, 3.63) is 22.1 Å². The van der Waals surface area contributed by atoms with Crippen LogP contribution in [0.1, 0.15) is 45.2 Å². The van der Waals surface area contributed by atoms with Crippen molar-refractivity contribution in [2.75, 3.05) is 5.75 Å². The first-order valence-electron chi connectivity index (χ1n) is 7.67. The molecule has 1 aromatic rings. The Hall–Kier alpha value is -1.34. The summed E-state index contributed by atoms with van der Waals surface area (Å²) < 4.78 is 5.45. The Morgan fingerprint density at radius 2 is 2.23 bits per heavy atom. The van der Waals surface area contributed by atoms with E-state index in [1.165, 1.54) is 30.7 Å². The number of aromatic amines is 1. The fourth-order valence-corrected chi connectivity index (χ4v) is 3.06. The number of thioether (sulfide) groups is 1. The average molecular weight is 325 g/mol. The Labute approximate surface area is 134 Å². The van der Waals surface area contributed by atoms with Crippen molar-refractivity contribution in [1.82, 2.24) is 15.3 Å². The maximum atomic E-state index is 11.9. The van der Waals surface area contributed by atoms with Gasteiger partial charge in [-0.2, -0.15) is 0 Å². The molecule has 0 saturated heterocycles. The average Bonchev–Trinajstić information content (AvgIpc) is 2.95. The van der Waals surface area contributed by atoms with Gasteiger partial charge in [0.15, 0.2) is 5.16 Å². The van der Waals surface area contributed by atoms with E-state index < -0.39 is 0 Å². The fourth-order valence-electron chi connectivity index (χ4n) is 2.35. The summed E-state index contributed by atoms with van der Waals surface area (Å²) in [5.74, 6) is 0.247. The lowest BCUT2D eigenvalue weighted by atomic mass is 10.2. The highest BCUT2D eigenvalue weighted by atomic mass is 32.2. The molecule has 0 spiro atoms. The Balaban J connectivity index is 1.85. The number of carbonyl (C=O) groups is 1. The molecule has 1 aromatic heterocycles. The molecule has 1 heterocycles. The van der Waals surface area contributed by atoms with Crippen molar-refractivity contribution >= 4 is 17.7 Å². The molecule has 0 atom stereocenters. The van der Waals surface area contributed by atoms with Gasteiger partial charge in [0.05, 0.1) is 24.2 Å². The van der Waals surface area contributed by atoms with E-state index in [-0.39, 0.29) is 23.3 Å². The van der Waals surface area contributed by atoms with Gasteiger partial charge in [0.2, 0.25) is 5.91 Å². The second kappa shape index (κ2) is 8.33. The van der Waals surface area contributed by atoms with Crippen LogP contribution in [0, 0.1) is 0 Å². The summed E-state index contributed by atoms with van der Waals surface area (Å²) in [6, 6.07) is 1.73. The number of H-pyrrole nitrogens is 1. The van der Waals surface area contributed by atoms with Crippen molar-refractivity contribution < 1.29 is 9.53 Å². The van der Waals surface area contributed by atoms with Crippen LogP contribution >= 0.6 is 11.8 Å². The molecule has 2 N–H and O–H groups in total. The van der Waals surface area contributed by atoms with E-state index in [9.17, 15) is 9.59 Å². The van der Waals surface area contributed by atoms with Gasteiger partial charge in [0.25, 0.3) is 5.56 Å². The van der Waals surface area contributed by atoms with Gasteiger partial charge in [0, 0.05) is 12.1 Å². The zero-order valence-corrected chi connectivity index (χ0v) is 13.9. The van der Waals surface area contributed by atoms with Crippen molar-refractivity contribution in [2.24, 2.45) is 0 Å². The summed E-state index contributed by atoms with van der Waals surface area (Å²) in [7, 11) is 0. The fraction of sp³-hybridized carbons (Fsp3) is 0.667. The SMILES string of the molecule is CC(C)OCc1cc(=O)[nH]c(SCC(=O)NC2CCCC2)n1. The van der Waals surface area contributed by atoms with E-state index in [0.717, 1.165) is 12.8 Å². The molecular formula is C15H23N3O3S. The second-order valence-electron chi connectivity index (χ2n) is 5.74. The van der Waals surface area contributed by atoms with Crippen LogP contribution in [-0.2, 0) is 16.1 Å². The normalized spacial score (nSPS) is 15.4. The zero-order chi connectivity index (χ0) is 15.9. The quantitative estimate of drug-likeness (QED) is 0.590. The van der Waals surface area contributed by atoms with Crippen molar-refractivity contribution in [3.63, 3.8) is 0 Å². The number of amides is 1. The van der Waals surface area contributed by atoms with Crippen LogP contribution in [0.5, 0.6) is 0 Å². The molecule has 0 unspecified atom stereocenters. The number of nitrogens with one attached hydrogen (secondary N) is 2. The third-order valence-electron chi connectivity index (χ3n) is 3.40. The summed E-state index contributed by atoms with van der Waals surface area (Å²) in [4.78, 5) is 30.5. The van der Waals surface area contributed by atoms with Crippen molar-refractivity contribution in [2.45, 2.75) is 63.4 Å². The summed E-state index contributed by atoms with van der Waals surface area (Å²) >= 11 is 1.24. The number of carbonyl (C=O) groups excluding carboxylic acids is 1. The van der Waals surface area contributed by atoms with Crippen LogP contribution in [0.2, 0.25) is 0 Å². The lowest BCUT2D eigenvalue weighted by molar-refractivity contribution is -0.119. The lowest BCUT2D eigenvalue weighted by Gasteiger charge is -2.11. The number of aromatic nitrogens is 2. The van der Waals surface area contributed by atoms with Crippen LogP contribution in [0.3, 0.4) is 0 Å². The van der Waals surface area contributed by atoms with Crippen LogP contribution in [0.25, 0.3) is 0 Å². The smallest absolute Gasteiger partial charge is 0.251 e. The molecule has 1 aliphatic carbocycles. The lowest BCUT2D eigenvalue weighted by Crippen LogP contribution is -2.33. The highest BCUT2D eigenvalue weighted by molar-refractivity contribution is 7.99. The van der Waals surface area contributed by atoms with E-state index >= 15 is 0 Å². The molecule has 1 saturated carbocycles. The molecule has 2 rings (SSSR count). The van der Waals surface area contributed by atoms with Crippen LogP contribution in [-0.4, -0.2) is 33.8 Å². The van der Waals surface area contributed by atoms with E-state index in [0.29, 0.717) is 23.5 Å². The van der Waals surface area contributed by atoms with Crippen molar-refractivity contribution in [3.8, 4) is 0 Å². The Bertz CT molecular complexity index is 553. The first-order chi connectivity index (χ1) is 10.5. The molecule has 122 valence electrons. The maximum absolute atomic E-state index is 11.9. The standard InChI is InChI=1S/C15H23N3O3S/c1-10(2)21-8-12-7-13(19)18-15(17-12)22-9-14(20)16-11-5-3-4-6-11/h7,10-11H,3-6,8-9H2,1-2H3,(H,16,20)(H,17,18,19). The first-order valence-corrected chi connectivity index (χ1v) is 8.65. The van der Waals surface area contributed by atoms with E-state index in [1.807, 2.05) is 13.8 Å². The Kier molecular flexibility index (Phi) is 6.45. The summed E-state index contributed by atoms with van der Waals surface area (Å²) in [5, 5.41) is 3.47. The topological polar surface area (TPSA) is 84.1 Å². The molecule has 22 heavy (non-hydrogen) atoms. The van der Waals surface area contributed by atoms with E-state index in [2.05, 4.69) is 15.3 Å². The summed E-state index contributed by atoms with van der Waals surface area (Å²) in [6.07, 6.45) is 4.57.